The van der Waals surface area contributed by atoms with Gasteiger partial charge in [0.25, 0.3) is 5.91 Å². The highest BCUT2D eigenvalue weighted by molar-refractivity contribution is 6.34. The Hall–Kier alpha value is -3.62. The maximum atomic E-state index is 13.0. The van der Waals surface area contributed by atoms with Crippen LogP contribution in [0.3, 0.4) is 0 Å². The molecule has 0 aliphatic rings. The van der Waals surface area contributed by atoms with E-state index >= 15 is 0 Å². The first-order chi connectivity index (χ1) is 14.0. The smallest absolute Gasteiger partial charge is 0.256 e. The third-order valence-corrected chi connectivity index (χ3v) is 4.66. The van der Waals surface area contributed by atoms with E-state index in [0.717, 1.165) is 0 Å². The van der Waals surface area contributed by atoms with E-state index in [-0.39, 0.29) is 11.8 Å². The molecule has 29 heavy (non-hydrogen) atoms. The predicted octanol–water partition coefficient (Wildman–Crippen LogP) is 5.48. The molecule has 0 unspecified atom stereocenters. The molecule has 144 valence electrons. The summed E-state index contributed by atoms with van der Waals surface area (Å²) >= 11 is 6.23. The molecule has 5 nitrogen and oxygen atoms in total. The number of rotatable bonds is 5. The molecule has 0 atom stereocenters. The predicted molar refractivity (Wildman–Crippen MR) is 115 cm³/mol. The first kappa shape index (κ1) is 20.1. The van der Waals surface area contributed by atoms with E-state index in [9.17, 15) is 14.9 Å². The highest BCUT2D eigenvalue weighted by Gasteiger charge is 2.16. The van der Waals surface area contributed by atoms with E-state index in [1.165, 1.54) is 0 Å². The van der Waals surface area contributed by atoms with Crippen molar-refractivity contribution in [2.24, 2.45) is 0 Å². The van der Waals surface area contributed by atoms with Crippen LogP contribution in [0.1, 0.15) is 29.3 Å². The van der Waals surface area contributed by atoms with E-state index in [1.54, 1.807) is 61.5 Å². The molecule has 2 amide bonds. The van der Waals surface area contributed by atoms with Gasteiger partial charge in [0.15, 0.2) is 0 Å². The van der Waals surface area contributed by atoms with Crippen molar-refractivity contribution in [3.63, 3.8) is 0 Å². The fourth-order valence-corrected chi connectivity index (χ4v) is 3.03. The molecule has 2 N–H and O–H groups in total. The molecule has 0 radical (unpaired) electrons. The quantitative estimate of drug-likeness (QED) is 0.591. The van der Waals surface area contributed by atoms with Crippen LogP contribution in [0.15, 0.2) is 66.7 Å². The highest BCUT2D eigenvalue weighted by atomic mass is 35.5. The molecule has 6 heteroatoms. The molecule has 0 heterocycles. The van der Waals surface area contributed by atoms with Gasteiger partial charge in [0.1, 0.15) is 0 Å². The van der Waals surface area contributed by atoms with E-state index in [0.29, 0.717) is 45.1 Å². The summed E-state index contributed by atoms with van der Waals surface area (Å²) in [5.41, 5.74) is 3.14. The summed E-state index contributed by atoms with van der Waals surface area (Å²) in [6, 6.07) is 21.2. The largest absolute Gasteiger partial charge is 0.326 e. The lowest BCUT2D eigenvalue weighted by molar-refractivity contribution is -0.115. The van der Waals surface area contributed by atoms with Gasteiger partial charge in [-0.1, -0.05) is 54.9 Å². The maximum Gasteiger partial charge on any atom is 0.256 e. The zero-order valence-electron chi connectivity index (χ0n) is 15.7. The van der Waals surface area contributed by atoms with Gasteiger partial charge in [-0.25, -0.2) is 0 Å². The first-order valence-electron chi connectivity index (χ1n) is 9.02. The number of hydrogen-bond acceptors (Lipinski definition) is 3. The van der Waals surface area contributed by atoms with Gasteiger partial charge in [-0.05, 0) is 35.9 Å². The number of hydrogen-bond donors (Lipinski definition) is 2. The molecule has 0 fully saturated rings. The summed E-state index contributed by atoms with van der Waals surface area (Å²) < 4.78 is 0. The molecule has 0 bridgehead atoms. The van der Waals surface area contributed by atoms with Crippen molar-refractivity contribution in [3.8, 4) is 17.2 Å². The number of carbonyl (C=O) groups excluding carboxylic acids is 2. The standard InChI is InChI=1S/C23H18ClN3O2/c1-2-22(28)26-16-11-12-20(24)21(13-16)27-23(29)19-10-6-5-9-18(19)17-8-4-3-7-15(17)14-25/h3-13H,2H2,1H3,(H,26,28)(H,27,29). The molecule has 0 saturated heterocycles. The van der Waals surface area contributed by atoms with E-state index in [2.05, 4.69) is 16.7 Å². The summed E-state index contributed by atoms with van der Waals surface area (Å²) in [5.74, 6) is -0.503. The lowest BCUT2D eigenvalue weighted by Gasteiger charge is -2.13. The normalized spacial score (nSPS) is 10.1. The van der Waals surface area contributed by atoms with Crippen LogP contribution in [0.25, 0.3) is 11.1 Å². The number of nitriles is 1. The zero-order chi connectivity index (χ0) is 20.8. The van der Waals surface area contributed by atoms with Crippen molar-refractivity contribution in [3.05, 3.63) is 82.9 Å². The fourth-order valence-electron chi connectivity index (χ4n) is 2.87. The second-order valence-electron chi connectivity index (χ2n) is 6.25. The van der Waals surface area contributed by atoms with Gasteiger partial charge < -0.3 is 10.6 Å². The number of nitrogens with zero attached hydrogens (tertiary/aromatic N) is 1. The fraction of sp³-hybridized carbons (Fsp3) is 0.0870. The van der Waals surface area contributed by atoms with Gasteiger partial charge in [-0.15, -0.1) is 0 Å². The second kappa shape index (κ2) is 9.05. The summed E-state index contributed by atoms with van der Waals surface area (Å²) in [4.78, 5) is 24.6. The van der Waals surface area contributed by atoms with Gasteiger partial charge in [-0.3, -0.25) is 9.59 Å². The molecule has 3 rings (SSSR count). The number of anilines is 2. The van der Waals surface area contributed by atoms with Crippen molar-refractivity contribution in [2.45, 2.75) is 13.3 Å². The van der Waals surface area contributed by atoms with Gasteiger partial charge >= 0.3 is 0 Å². The topological polar surface area (TPSA) is 82.0 Å². The SMILES string of the molecule is CCC(=O)Nc1ccc(Cl)c(NC(=O)c2ccccc2-c2ccccc2C#N)c1. The molecule has 0 aliphatic carbocycles. The minimum absolute atomic E-state index is 0.136. The maximum absolute atomic E-state index is 13.0. The third-order valence-electron chi connectivity index (χ3n) is 4.33. The lowest BCUT2D eigenvalue weighted by atomic mass is 9.95. The van der Waals surface area contributed by atoms with Crippen LogP contribution in [0, 0.1) is 11.3 Å². The van der Waals surface area contributed by atoms with Gasteiger partial charge in [-0.2, -0.15) is 5.26 Å². The van der Waals surface area contributed by atoms with Gasteiger partial charge in [0.05, 0.1) is 22.3 Å². The van der Waals surface area contributed by atoms with Crippen molar-refractivity contribution < 1.29 is 9.59 Å². The molecular formula is C23H18ClN3O2. The van der Waals surface area contributed by atoms with Crippen LogP contribution in [0.4, 0.5) is 11.4 Å². The van der Waals surface area contributed by atoms with E-state index < -0.39 is 0 Å². The van der Waals surface area contributed by atoms with E-state index in [1.807, 2.05) is 12.1 Å². The first-order valence-corrected chi connectivity index (χ1v) is 9.40. The van der Waals surface area contributed by atoms with Crippen molar-refractivity contribution >= 4 is 34.8 Å². The van der Waals surface area contributed by atoms with Crippen molar-refractivity contribution in [1.29, 1.82) is 5.26 Å². The van der Waals surface area contributed by atoms with Crippen LogP contribution in [0.2, 0.25) is 5.02 Å². The van der Waals surface area contributed by atoms with Crippen molar-refractivity contribution in [1.82, 2.24) is 0 Å². The van der Waals surface area contributed by atoms with Gasteiger partial charge in [0, 0.05) is 23.2 Å². The number of carbonyl (C=O) groups is 2. The van der Waals surface area contributed by atoms with Crippen molar-refractivity contribution in [2.75, 3.05) is 10.6 Å². The molecule has 0 aliphatic heterocycles. The summed E-state index contributed by atoms with van der Waals surface area (Å²) in [6.45, 7) is 1.75. The zero-order valence-corrected chi connectivity index (χ0v) is 16.5. The molecule has 0 aromatic heterocycles. The Morgan fingerprint density at radius 3 is 2.38 bits per heavy atom. The van der Waals surface area contributed by atoms with Crippen LogP contribution in [-0.2, 0) is 4.79 Å². The Kier molecular flexibility index (Phi) is 6.28. The highest BCUT2D eigenvalue weighted by Crippen LogP contribution is 2.30. The summed E-state index contributed by atoms with van der Waals surface area (Å²) in [5, 5.41) is 15.3. The monoisotopic (exact) mass is 403 g/mol. The minimum atomic E-state index is -0.366. The Bertz CT molecular complexity index is 1120. The Labute approximate surface area is 173 Å². The average Bonchev–Trinajstić information content (AvgIpc) is 2.75. The molecule has 3 aromatic carbocycles. The molecular weight excluding hydrogens is 386 g/mol. The lowest BCUT2D eigenvalue weighted by Crippen LogP contribution is -2.14. The number of halogens is 1. The molecule has 0 saturated carbocycles. The van der Waals surface area contributed by atoms with Crippen LogP contribution in [-0.4, -0.2) is 11.8 Å². The number of nitrogens with one attached hydrogen (secondary N) is 2. The average molecular weight is 404 g/mol. The minimum Gasteiger partial charge on any atom is -0.326 e. The third kappa shape index (κ3) is 4.63. The van der Waals surface area contributed by atoms with Gasteiger partial charge in [0.2, 0.25) is 5.91 Å². The van der Waals surface area contributed by atoms with E-state index in [4.69, 9.17) is 11.6 Å². The molecule has 0 spiro atoms. The summed E-state index contributed by atoms with van der Waals surface area (Å²) in [7, 11) is 0. The summed E-state index contributed by atoms with van der Waals surface area (Å²) in [6.07, 6.45) is 0.343. The number of benzene rings is 3. The number of amides is 2. The second-order valence-corrected chi connectivity index (χ2v) is 6.66. The Balaban J connectivity index is 1.94. The van der Waals surface area contributed by atoms with Crippen LogP contribution < -0.4 is 10.6 Å². The molecule has 3 aromatic rings. The van der Waals surface area contributed by atoms with Crippen LogP contribution >= 0.6 is 11.6 Å². The Morgan fingerprint density at radius 1 is 0.966 bits per heavy atom. The van der Waals surface area contributed by atoms with Crippen LogP contribution in [0.5, 0.6) is 0 Å². The Morgan fingerprint density at radius 2 is 1.66 bits per heavy atom.